The number of amides is 2. The van der Waals surface area contributed by atoms with Gasteiger partial charge >= 0.3 is 0 Å². The SMILES string of the molecule is CN(C(=O)c1cccc(-c2ncccn2)c1)C(CCNC(=O)c1cccn1C)Cc1ccccc1. The van der Waals surface area contributed by atoms with Gasteiger partial charge in [0.05, 0.1) is 0 Å². The molecule has 0 bridgehead atoms. The van der Waals surface area contributed by atoms with Crippen LogP contribution in [0, 0.1) is 0 Å². The summed E-state index contributed by atoms with van der Waals surface area (Å²) in [6.45, 7) is 0.455. The van der Waals surface area contributed by atoms with E-state index in [9.17, 15) is 9.59 Å². The van der Waals surface area contributed by atoms with Gasteiger partial charge in [-0.25, -0.2) is 9.97 Å². The van der Waals surface area contributed by atoms with Crippen LogP contribution in [0.3, 0.4) is 0 Å². The quantitative estimate of drug-likeness (QED) is 0.404. The van der Waals surface area contributed by atoms with E-state index >= 15 is 0 Å². The first-order valence-corrected chi connectivity index (χ1v) is 11.6. The zero-order chi connectivity index (χ0) is 24.6. The van der Waals surface area contributed by atoms with Gasteiger partial charge in [0.25, 0.3) is 11.8 Å². The molecule has 0 aliphatic carbocycles. The lowest BCUT2D eigenvalue weighted by atomic mass is 10.0. The van der Waals surface area contributed by atoms with E-state index in [1.807, 2.05) is 68.8 Å². The maximum Gasteiger partial charge on any atom is 0.267 e. The molecule has 0 spiro atoms. The van der Waals surface area contributed by atoms with E-state index in [1.165, 1.54) is 0 Å². The molecule has 2 amide bonds. The molecule has 4 rings (SSSR count). The highest BCUT2D eigenvalue weighted by atomic mass is 16.2. The Labute approximate surface area is 205 Å². The van der Waals surface area contributed by atoms with Crippen molar-refractivity contribution in [3.05, 3.63) is 108 Å². The Balaban J connectivity index is 1.49. The van der Waals surface area contributed by atoms with Crippen LogP contribution in [0.2, 0.25) is 0 Å². The van der Waals surface area contributed by atoms with Crippen LogP contribution in [0.4, 0.5) is 0 Å². The first-order chi connectivity index (χ1) is 17.0. The number of nitrogens with zero attached hydrogens (tertiary/aromatic N) is 4. The highest BCUT2D eigenvalue weighted by molar-refractivity contribution is 5.95. The van der Waals surface area contributed by atoms with Crippen molar-refractivity contribution in [3.8, 4) is 11.4 Å². The summed E-state index contributed by atoms with van der Waals surface area (Å²) in [4.78, 5) is 36.4. The Morgan fingerprint density at radius 2 is 1.74 bits per heavy atom. The molecule has 2 heterocycles. The normalized spacial score (nSPS) is 11.6. The number of carbonyl (C=O) groups is 2. The van der Waals surface area contributed by atoms with Crippen LogP contribution in [0.15, 0.2) is 91.4 Å². The molecule has 7 nitrogen and oxygen atoms in total. The lowest BCUT2D eigenvalue weighted by Gasteiger charge is -2.29. The van der Waals surface area contributed by atoms with E-state index < -0.39 is 0 Å². The highest BCUT2D eigenvalue weighted by Crippen LogP contribution is 2.19. The van der Waals surface area contributed by atoms with Crippen LogP contribution in [0.1, 0.15) is 32.8 Å². The second kappa shape index (κ2) is 11.2. The first kappa shape index (κ1) is 23.9. The smallest absolute Gasteiger partial charge is 0.267 e. The van der Waals surface area contributed by atoms with Crippen LogP contribution in [-0.2, 0) is 13.5 Å². The van der Waals surface area contributed by atoms with Gasteiger partial charge in [-0.3, -0.25) is 9.59 Å². The van der Waals surface area contributed by atoms with Crippen molar-refractivity contribution in [3.63, 3.8) is 0 Å². The molecular formula is C28H29N5O2. The minimum absolute atomic E-state index is 0.0857. The average Bonchev–Trinajstić information content (AvgIpc) is 3.34. The molecule has 4 aromatic rings. The van der Waals surface area contributed by atoms with Crippen molar-refractivity contribution in [2.75, 3.05) is 13.6 Å². The molecule has 0 aliphatic heterocycles. The maximum absolute atomic E-state index is 13.5. The Morgan fingerprint density at radius 1 is 0.971 bits per heavy atom. The lowest BCUT2D eigenvalue weighted by molar-refractivity contribution is 0.0723. The summed E-state index contributed by atoms with van der Waals surface area (Å²) in [5.41, 5.74) is 3.11. The molecule has 1 unspecified atom stereocenters. The third kappa shape index (κ3) is 6.00. The molecular weight excluding hydrogens is 438 g/mol. The number of carbonyl (C=O) groups excluding carboxylic acids is 2. The molecule has 0 radical (unpaired) electrons. The molecule has 0 fully saturated rings. The molecule has 1 N–H and O–H groups in total. The van der Waals surface area contributed by atoms with E-state index in [1.54, 1.807) is 34.0 Å². The third-order valence-corrected chi connectivity index (χ3v) is 6.06. The van der Waals surface area contributed by atoms with Gasteiger partial charge in [-0.2, -0.15) is 0 Å². The van der Waals surface area contributed by atoms with Crippen molar-refractivity contribution < 1.29 is 9.59 Å². The summed E-state index contributed by atoms with van der Waals surface area (Å²) in [6, 6.07) is 22.7. The van der Waals surface area contributed by atoms with Crippen LogP contribution < -0.4 is 5.32 Å². The van der Waals surface area contributed by atoms with E-state index in [-0.39, 0.29) is 17.9 Å². The van der Waals surface area contributed by atoms with E-state index in [0.29, 0.717) is 36.5 Å². The summed E-state index contributed by atoms with van der Waals surface area (Å²) >= 11 is 0. The van der Waals surface area contributed by atoms with Gasteiger partial charge in [-0.1, -0.05) is 42.5 Å². The molecule has 35 heavy (non-hydrogen) atoms. The Kier molecular flexibility index (Phi) is 7.67. The summed E-state index contributed by atoms with van der Waals surface area (Å²) < 4.78 is 1.79. The third-order valence-electron chi connectivity index (χ3n) is 6.06. The van der Waals surface area contributed by atoms with E-state index in [2.05, 4.69) is 27.4 Å². The molecule has 2 aromatic heterocycles. The Hall–Kier alpha value is -4.26. The van der Waals surface area contributed by atoms with Gasteiger partial charge < -0.3 is 14.8 Å². The molecule has 0 saturated heterocycles. The second-order valence-corrected chi connectivity index (χ2v) is 8.46. The van der Waals surface area contributed by atoms with Gasteiger partial charge in [0.15, 0.2) is 5.82 Å². The standard InChI is InChI=1S/C28H29N5O2/c1-32-18-7-13-25(32)27(34)31-17-14-24(19-21-9-4-3-5-10-21)33(2)28(35)23-12-6-11-22(20-23)26-29-15-8-16-30-26/h3-13,15-16,18,20,24H,14,17,19H2,1-2H3,(H,31,34). The fourth-order valence-electron chi connectivity index (χ4n) is 4.07. The van der Waals surface area contributed by atoms with Crippen molar-refractivity contribution in [1.29, 1.82) is 0 Å². The number of rotatable bonds is 9. The topological polar surface area (TPSA) is 80.1 Å². The number of benzene rings is 2. The summed E-state index contributed by atoms with van der Waals surface area (Å²) in [6.07, 6.45) is 6.51. The Morgan fingerprint density at radius 3 is 2.46 bits per heavy atom. The van der Waals surface area contributed by atoms with Crippen molar-refractivity contribution in [2.45, 2.75) is 18.9 Å². The summed E-state index contributed by atoms with van der Waals surface area (Å²) in [7, 11) is 3.66. The number of aromatic nitrogens is 3. The number of likely N-dealkylation sites (N-methyl/N-ethyl adjacent to an activating group) is 1. The minimum Gasteiger partial charge on any atom is -0.351 e. The minimum atomic E-state index is -0.125. The predicted molar refractivity (Wildman–Crippen MR) is 136 cm³/mol. The largest absolute Gasteiger partial charge is 0.351 e. The summed E-state index contributed by atoms with van der Waals surface area (Å²) in [5, 5.41) is 2.99. The van der Waals surface area contributed by atoms with Gasteiger partial charge in [0.1, 0.15) is 5.69 Å². The Bertz CT molecular complexity index is 1270. The number of nitrogens with one attached hydrogen (secondary N) is 1. The highest BCUT2D eigenvalue weighted by Gasteiger charge is 2.22. The zero-order valence-electron chi connectivity index (χ0n) is 20.0. The molecule has 0 aliphatic rings. The van der Waals surface area contributed by atoms with Gasteiger partial charge in [0, 0.05) is 56.4 Å². The summed E-state index contributed by atoms with van der Waals surface area (Å²) in [5.74, 6) is 0.368. The molecule has 2 aromatic carbocycles. The number of aryl methyl sites for hydroxylation is 1. The molecule has 1 atom stereocenters. The van der Waals surface area contributed by atoms with Crippen LogP contribution in [0.25, 0.3) is 11.4 Å². The van der Waals surface area contributed by atoms with E-state index in [0.717, 1.165) is 11.1 Å². The fraction of sp³-hybridized carbons (Fsp3) is 0.214. The molecule has 7 heteroatoms. The number of hydrogen-bond acceptors (Lipinski definition) is 4. The fourth-order valence-corrected chi connectivity index (χ4v) is 4.07. The van der Waals surface area contributed by atoms with Crippen molar-refractivity contribution in [1.82, 2.24) is 24.8 Å². The number of hydrogen-bond donors (Lipinski definition) is 1. The zero-order valence-corrected chi connectivity index (χ0v) is 20.0. The van der Waals surface area contributed by atoms with E-state index in [4.69, 9.17) is 0 Å². The van der Waals surface area contributed by atoms with Crippen molar-refractivity contribution >= 4 is 11.8 Å². The monoisotopic (exact) mass is 467 g/mol. The molecule has 178 valence electrons. The predicted octanol–water partition coefficient (Wildman–Crippen LogP) is 3.99. The lowest BCUT2D eigenvalue weighted by Crippen LogP contribution is -2.41. The first-order valence-electron chi connectivity index (χ1n) is 11.6. The van der Waals surface area contributed by atoms with Gasteiger partial charge in [0.2, 0.25) is 0 Å². The van der Waals surface area contributed by atoms with Gasteiger partial charge in [-0.05, 0) is 48.7 Å². The van der Waals surface area contributed by atoms with Crippen molar-refractivity contribution in [2.24, 2.45) is 7.05 Å². The molecule has 0 saturated carbocycles. The average molecular weight is 468 g/mol. The second-order valence-electron chi connectivity index (χ2n) is 8.46. The maximum atomic E-state index is 13.5. The van der Waals surface area contributed by atoms with Crippen LogP contribution in [-0.4, -0.2) is 50.9 Å². The van der Waals surface area contributed by atoms with Crippen LogP contribution >= 0.6 is 0 Å². The van der Waals surface area contributed by atoms with Gasteiger partial charge in [-0.15, -0.1) is 0 Å². The van der Waals surface area contributed by atoms with Crippen LogP contribution in [0.5, 0.6) is 0 Å².